The molecule has 1 aromatic carbocycles. The van der Waals surface area contributed by atoms with Crippen LogP contribution in [0.4, 0.5) is 4.39 Å². The van der Waals surface area contributed by atoms with Crippen LogP contribution in [0, 0.1) is 17.7 Å². The molecule has 0 spiro atoms. The number of carboxylic acids is 1. The average molecular weight is 873 g/mol. The minimum Gasteiger partial charge on any atom is -0.481 e. The summed E-state index contributed by atoms with van der Waals surface area (Å²) in [6.45, 7) is 4.95. The van der Waals surface area contributed by atoms with Gasteiger partial charge in [-0.25, -0.2) is 9.18 Å². The summed E-state index contributed by atoms with van der Waals surface area (Å²) >= 11 is 1.37. The molecule has 0 unspecified atom stereocenters. The number of benzene rings is 1. The standard InChI is InChI=1S/C36H50FIN6O10/c1-20(2)17-26(33(50)40-21(3)36(53)54-38)42-35(52)28(19-31(47)48)44-34(51)27(18-23-7-5-4-6-8-23)43-32(49)25(14-15-29(39)45)41-30(46)16-11-22-9-12-24(37)13-10-22/h9-13,16,20-21,23,25-28H,4-8,14-15,17-19H2,1-3H3,(H2,39,45)(H,40,50)(H,41,46)(H,42,52)(H,43,49)(H,44,51)(H,47,48)/b16-11+/t21-,25-,26-,27-,28-/m0/s1. The van der Waals surface area contributed by atoms with E-state index in [9.17, 15) is 47.9 Å². The first-order chi connectivity index (χ1) is 25.5. The lowest BCUT2D eigenvalue weighted by molar-refractivity contribution is -0.142. The molecule has 0 aliphatic heterocycles. The maximum atomic E-state index is 13.9. The Morgan fingerprint density at radius 3 is 1.96 bits per heavy atom. The van der Waals surface area contributed by atoms with E-state index in [4.69, 9.17) is 5.73 Å². The van der Waals surface area contributed by atoms with Crippen molar-refractivity contribution in [3.63, 3.8) is 0 Å². The molecule has 18 heteroatoms. The van der Waals surface area contributed by atoms with Crippen LogP contribution in [0.2, 0.25) is 0 Å². The third-order valence-electron chi connectivity index (χ3n) is 8.68. The van der Waals surface area contributed by atoms with Gasteiger partial charge in [0.1, 0.15) is 36.0 Å². The number of carbonyl (C=O) groups excluding carboxylic acids is 7. The lowest BCUT2D eigenvalue weighted by Gasteiger charge is -2.29. The maximum absolute atomic E-state index is 13.9. The van der Waals surface area contributed by atoms with Gasteiger partial charge in [0.05, 0.1) is 6.42 Å². The molecule has 8 N–H and O–H groups in total. The van der Waals surface area contributed by atoms with Crippen molar-refractivity contribution in [1.29, 1.82) is 0 Å². The highest BCUT2D eigenvalue weighted by molar-refractivity contribution is 14.1. The average Bonchev–Trinajstić information content (AvgIpc) is 3.11. The first-order valence-corrected chi connectivity index (χ1v) is 18.6. The molecule has 1 saturated carbocycles. The number of carbonyl (C=O) groups is 8. The Kier molecular flexibility index (Phi) is 19.6. The summed E-state index contributed by atoms with van der Waals surface area (Å²) in [6.07, 6.45) is 5.65. The largest absolute Gasteiger partial charge is 0.481 e. The topological polar surface area (TPSA) is 252 Å². The van der Waals surface area contributed by atoms with Gasteiger partial charge in [0.25, 0.3) is 0 Å². The van der Waals surface area contributed by atoms with Gasteiger partial charge >= 0.3 is 11.9 Å². The van der Waals surface area contributed by atoms with Crippen LogP contribution in [-0.4, -0.2) is 82.7 Å². The number of carboxylic acid groups (broad SMARTS) is 1. The van der Waals surface area contributed by atoms with Crippen molar-refractivity contribution in [2.45, 2.75) is 115 Å². The van der Waals surface area contributed by atoms with E-state index in [1.54, 1.807) is 13.8 Å². The Morgan fingerprint density at radius 1 is 0.833 bits per heavy atom. The smallest absolute Gasteiger partial charge is 0.337 e. The number of nitrogens with one attached hydrogen (secondary N) is 5. The molecule has 298 valence electrons. The molecule has 0 saturated heterocycles. The van der Waals surface area contributed by atoms with Crippen LogP contribution in [-0.2, 0) is 41.4 Å². The van der Waals surface area contributed by atoms with E-state index in [-0.39, 0.29) is 37.5 Å². The first kappa shape index (κ1) is 45.5. The molecule has 2 rings (SSSR count). The Bertz CT molecular complexity index is 1520. The van der Waals surface area contributed by atoms with Crippen molar-refractivity contribution in [2.24, 2.45) is 17.6 Å². The second kappa shape index (κ2) is 23.2. The molecule has 0 aromatic heterocycles. The summed E-state index contributed by atoms with van der Waals surface area (Å²) in [6, 6.07) is -1.27. The fourth-order valence-corrected chi connectivity index (χ4v) is 6.23. The molecular weight excluding hydrogens is 822 g/mol. The van der Waals surface area contributed by atoms with E-state index in [1.165, 1.54) is 60.3 Å². The van der Waals surface area contributed by atoms with Crippen LogP contribution >= 0.6 is 23.0 Å². The summed E-state index contributed by atoms with van der Waals surface area (Å²) < 4.78 is 17.9. The molecule has 54 heavy (non-hydrogen) atoms. The monoisotopic (exact) mass is 872 g/mol. The second-order valence-electron chi connectivity index (χ2n) is 13.7. The maximum Gasteiger partial charge on any atom is 0.337 e. The molecule has 0 radical (unpaired) electrons. The third kappa shape index (κ3) is 17.0. The van der Waals surface area contributed by atoms with E-state index in [0.717, 1.165) is 38.2 Å². The Balaban J connectivity index is 2.32. The highest BCUT2D eigenvalue weighted by Gasteiger charge is 2.34. The van der Waals surface area contributed by atoms with Gasteiger partial charge in [-0.05, 0) is 61.8 Å². The molecule has 1 aromatic rings. The zero-order valence-corrected chi connectivity index (χ0v) is 32.7. The van der Waals surface area contributed by atoms with Crippen molar-refractivity contribution in [3.05, 3.63) is 41.7 Å². The van der Waals surface area contributed by atoms with Crippen LogP contribution < -0.4 is 32.3 Å². The number of primary amides is 1. The Morgan fingerprint density at radius 2 is 1.39 bits per heavy atom. The van der Waals surface area contributed by atoms with Gasteiger partial charge in [-0.15, -0.1) is 0 Å². The summed E-state index contributed by atoms with van der Waals surface area (Å²) in [5, 5.41) is 22.1. The van der Waals surface area contributed by atoms with Crippen molar-refractivity contribution in [3.8, 4) is 0 Å². The lowest BCUT2D eigenvalue weighted by atomic mass is 9.84. The third-order valence-corrected chi connectivity index (χ3v) is 9.11. The van der Waals surface area contributed by atoms with Crippen LogP contribution in [0.5, 0.6) is 0 Å². The number of aliphatic carboxylic acids is 1. The highest BCUT2D eigenvalue weighted by Crippen LogP contribution is 2.27. The summed E-state index contributed by atoms with van der Waals surface area (Å²) in [5.74, 6) is -7.67. The predicted octanol–water partition coefficient (Wildman–Crippen LogP) is 1.93. The van der Waals surface area contributed by atoms with Crippen LogP contribution in [0.1, 0.15) is 90.5 Å². The summed E-state index contributed by atoms with van der Waals surface area (Å²) in [5.41, 5.74) is 5.81. The van der Waals surface area contributed by atoms with E-state index in [2.05, 4.69) is 29.7 Å². The second-order valence-corrected chi connectivity index (χ2v) is 14.2. The van der Waals surface area contributed by atoms with E-state index < -0.39 is 89.8 Å². The SMILES string of the molecule is CC(C)C[C@H](NC(=O)[C@H](CC(=O)O)NC(=O)[C@H](CC1CCCCC1)NC(=O)[C@H](CCC(N)=O)NC(=O)/C=C/c1ccc(F)cc1)C(=O)N[C@@H](C)C(=O)OI. The zero-order valence-electron chi connectivity index (χ0n) is 30.5. The number of hydrogen-bond donors (Lipinski definition) is 7. The number of rotatable bonds is 21. The molecule has 0 bridgehead atoms. The normalized spacial score (nSPS) is 15.9. The fourth-order valence-electron chi connectivity index (χ4n) is 5.85. The van der Waals surface area contributed by atoms with E-state index in [0.29, 0.717) is 5.56 Å². The van der Waals surface area contributed by atoms with Crippen LogP contribution in [0.25, 0.3) is 6.08 Å². The molecular formula is C36H50FIN6O10. The molecule has 5 atom stereocenters. The van der Waals surface area contributed by atoms with Gasteiger partial charge in [0.15, 0.2) is 23.0 Å². The number of halogens is 2. The van der Waals surface area contributed by atoms with Crippen LogP contribution in [0.15, 0.2) is 30.3 Å². The molecule has 16 nitrogen and oxygen atoms in total. The quantitative estimate of drug-likeness (QED) is 0.0699. The Labute approximate surface area is 327 Å². The first-order valence-electron chi connectivity index (χ1n) is 17.8. The Hall–Kier alpha value is -4.62. The van der Waals surface area contributed by atoms with E-state index >= 15 is 0 Å². The molecule has 1 aliphatic carbocycles. The van der Waals surface area contributed by atoms with Gasteiger partial charge < -0.3 is 40.5 Å². The number of nitrogens with two attached hydrogens (primary N) is 1. The van der Waals surface area contributed by atoms with Crippen molar-refractivity contribution >= 4 is 76.5 Å². The van der Waals surface area contributed by atoms with E-state index in [1.807, 2.05) is 0 Å². The minimum absolute atomic E-state index is 0.00537. The summed E-state index contributed by atoms with van der Waals surface area (Å²) in [7, 11) is 0. The zero-order chi connectivity index (χ0) is 40.4. The predicted molar refractivity (Wildman–Crippen MR) is 202 cm³/mol. The lowest BCUT2D eigenvalue weighted by Crippen LogP contribution is -2.59. The van der Waals surface area contributed by atoms with Gasteiger partial charge in [-0.3, -0.25) is 33.6 Å². The summed E-state index contributed by atoms with van der Waals surface area (Å²) in [4.78, 5) is 102. The molecule has 1 aliphatic rings. The molecule has 6 amide bonds. The van der Waals surface area contributed by atoms with Crippen LogP contribution in [0.3, 0.4) is 0 Å². The highest BCUT2D eigenvalue weighted by atomic mass is 127. The van der Waals surface area contributed by atoms with Gasteiger partial charge in [-0.1, -0.05) is 58.1 Å². The van der Waals surface area contributed by atoms with Gasteiger partial charge in [0, 0.05) is 12.5 Å². The van der Waals surface area contributed by atoms with Gasteiger partial charge in [0.2, 0.25) is 35.4 Å². The van der Waals surface area contributed by atoms with Crippen molar-refractivity contribution in [2.75, 3.05) is 0 Å². The van der Waals surface area contributed by atoms with Crippen molar-refractivity contribution < 1.29 is 50.9 Å². The fraction of sp³-hybridized carbons (Fsp3) is 0.556. The molecule has 1 fully saturated rings. The number of amides is 6. The number of hydrogen-bond acceptors (Lipinski definition) is 9. The van der Waals surface area contributed by atoms with Crippen molar-refractivity contribution in [1.82, 2.24) is 26.6 Å². The molecule has 0 heterocycles. The minimum atomic E-state index is -1.68. The van der Waals surface area contributed by atoms with Gasteiger partial charge in [-0.2, -0.15) is 0 Å².